The van der Waals surface area contributed by atoms with E-state index in [1.807, 2.05) is 12.2 Å². The van der Waals surface area contributed by atoms with Gasteiger partial charge in [-0.2, -0.15) is 0 Å². The molecule has 0 aliphatic heterocycles. The predicted octanol–water partition coefficient (Wildman–Crippen LogP) is 6.37. The van der Waals surface area contributed by atoms with Gasteiger partial charge in [-0.15, -0.1) is 0 Å². The first-order valence-corrected chi connectivity index (χ1v) is 9.32. The van der Waals surface area contributed by atoms with Gasteiger partial charge in [-0.05, 0) is 42.0 Å². The van der Waals surface area contributed by atoms with E-state index in [4.69, 9.17) is 0 Å². The summed E-state index contributed by atoms with van der Waals surface area (Å²) in [7, 11) is 0. The van der Waals surface area contributed by atoms with Crippen molar-refractivity contribution in [1.82, 2.24) is 0 Å². The van der Waals surface area contributed by atoms with Crippen molar-refractivity contribution >= 4 is 30.8 Å². The molecular formula is C20H23I. The summed E-state index contributed by atoms with van der Waals surface area (Å²) in [5.41, 5.74) is 3.87. The van der Waals surface area contributed by atoms with E-state index in [2.05, 4.69) is 86.0 Å². The molecule has 0 amide bonds. The molecule has 110 valence electrons. The Morgan fingerprint density at radius 2 is 1.90 bits per heavy atom. The highest BCUT2D eigenvalue weighted by molar-refractivity contribution is 14.2. The van der Waals surface area contributed by atoms with Crippen molar-refractivity contribution in [2.24, 2.45) is 0 Å². The highest BCUT2D eigenvalue weighted by atomic mass is 127. The second kappa shape index (κ2) is 10.3. The van der Waals surface area contributed by atoms with Gasteiger partial charge in [-0.25, -0.2) is 0 Å². The van der Waals surface area contributed by atoms with Gasteiger partial charge in [0.2, 0.25) is 0 Å². The van der Waals surface area contributed by atoms with Crippen molar-refractivity contribution in [3.63, 3.8) is 0 Å². The van der Waals surface area contributed by atoms with Crippen LogP contribution in [0.5, 0.6) is 0 Å². The first-order valence-electron chi connectivity index (χ1n) is 7.00. The number of halogens is 1. The largest absolute Gasteiger partial charge is 0.0991 e. The Bertz CT molecular complexity index is 610. The minimum atomic E-state index is -0.0650. The van der Waals surface area contributed by atoms with Crippen LogP contribution < -0.4 is 0 Å². The van der Waals surface area contributed by atoms with E-state index in [9.17, 15) is 0 Å². The fraction of sp³-hybridized carbons (Fsp3) is 0.150. The van der Waals surface area contributed by atoms with Crippen molar-refractivity contribution in [1.29, 1.82) is 0 Å². The highest BCUT2D eigenvalue weighted by Crippen LogP contribution is 2.15. The fourth-order valence-corrected chi connectivity index (χ4v) is 3.30. The molecule has 1 aromatic carbocycles. The maximum absolute atomic E-state index is 3.70. The lowest BCUT2D eigenvalue weighted by Crippen LogP contribution is -1.79. The molecule has 0 aliphatic rings. The lowest BCUT2D eigenvalue weighted by Gasteiger charge is -1.99. The SMILES string of the molecule is C=C\C=C/C(=C\C)/I=C/C=C\C(C)=C\c1ccccc1C. The average Bonchev–Trinajstić information content (AvgIpc) is 2.49. The van der Waals surface area contributed by atoms with Crippen LogP contribution in [-0.4, -0.2) is 4.01 Å². The van der Waals surface area contributed by atoms with Gasteiger partial charge < -0.3 is 0 Å². The molecule has 21 heavy (non-hydrogen) atoms. The van der Waals surface area contributed by atoms with E-state index in [1.165, 1.54) is 20.3 Å². The van der Waals surface area contributed by atoms with E-state index >= 15 is 0 Å². The van der Waals surface area contributed by atoms with Crippen LogP contribution in [0.3, 0.4) is 0 Å². The van der Waals surface area contributed by atoms with Crippen LogP contribution in [0.1, 0.15) is 25.0 Å². The number of hydrogen-bond donors (Lipinski definition) is 0. The minimum absolute atomic E-state index is 0.0650. The smallest absolute Gasteiger partial charge is 0.00342 e. The highest BCUT2D eigenvalue weighted by Gasteiger charge is 1.92. The van der Waals surface area contributed by atoms with Gasteiger partial charge in [-0.1, -0.05) is 93.6 Å². The summed E-state index contributed by atoms with van der Waals surface area (Å²) in [5, 5.41) is 0. The molecule has 0 spiro atoms. The third-order valence-corrected chi connectivity index (χ3v) is 5.34. The van der Waals surface area contributed by atoms with Crippen molar-refractivity contribution in [2.75, 3.05) is 0 Å². The van der Waals surface area contributed by atoms with E-state index in [-0.39, 0.29) is 20.7 Å². The fourth-order valence-electron chi connectivity index (χ4n) is 1.69. The average molecular weight is 390 g/mol. The zero-order valence-corrected chi connectivity index (χ0v) is 15.2. The molecule has 1 aromatic rings. The van der Waals surface area contributed by atoms with Gasteiger partial charge in [0.05, 0.1) is 0 Å². The number of benzene rings is 1. The first kappa shape index (κ1) is 17.6. The standard InChI is InChI=1S/C20H23I/c1-5-7-14-20(6-2)21-15-10-11-17(3)16-19-13-9-8-12-18(19)4/h5-16H,1H2,2-4H3/b11-10-,14-7-,17-16+,20-6+. The van der Waals surface area contributed by atoms with Crippen LogP contribution in [0.4, 0.5) is 0 Å². The molecule has 0 unspecified atom stereocenters. The van der Waals surface area contributed by atoms with Gasteiger partial charge in [0.1, 0.15) is 0 Å². The second-order valence-electron chi connectivity index (χ2n) is 4.61. The summed E-state index contributed by atoms with van der Waals surface area (Å²) in [5.74, 6) is 0. The van der Waals surface area contributed by atoms with Crippen LogP contribution in [0, 0.1) is 6.92 Å². The van der Waals surface area contributed by atoms with Gasteiger partial charge in [0.15, 0.2) is 0 Å². The third-order valence-electron chi connectivity index (χ3n) is 2.86. The topological polar surface area (TPSA) is 0 Å². The number of rotatable bonds is 6. The second-order valence-corrected chi connectivity index (χ2v) is 7.20. The first-order chi connectivity index (χ1) is 10.2. The van der Waals surface area contributed by atoms with Crippen molar-refractivity contribution in [3.05, 3.63) is 87.6 Å². The lowest BCUT2D eigenvalue weighted by molar-refractivity contribution is 1.43. The maximum Gasteiger partial charge on any atom is 0.00342 e. The maximum atomic E-state index is 3.70. The Morgan fingerprint density at radius 3 is 2.57 bits per heavy atom. The molecule has 0 saturated carbocycles. The summed E-state index contributed by atoms with van der Waals surface area (Å²) >= 11 is -0.0650. The van der Waals surface area contributed by atoms with Crippen LogP contribution in [0.25, 0.3) is 6.08 Å². The summed E-state index contributed by atoms with van der Waals surface area (Å²) in [4.78, 5) is 0. The molecule has 0 N–H and O–H groups in total. The van der Waals surface area contributed by atoms with Crippen LogP contribution in [0.15, 0.2) is 76.5 Å². The summed E-state index contributed by atoms with van der Waals surface area (Å²) in [6.07, 6.45) is 14.7. The summed E-state index contributed by atoms with van der Waals surface area (Å²) in [6, 6.07) is 8.45. The normalized spacial score (nSPS) is 14.0. The lowest BCUT2D eigenvalue weighted by atomic mass is 10.1. The molecule has 1 rings (SSSR count). The molecule has 0 fully saturated rings. The van der Waals surface area contributed by atoms with Gasteiger partial charge in [0.25, 0.3) is 0 Å². The monoisotopic (exact) mass is 390 g/mol. The van der Waals surface area contributed by atoms with Gasteiger partial charge in [0, 0.05) is 3.58 Å². The van der Waals surface area contributed by atoms with Crippen molar-refractivity contribution < 1.29 is 0 Å². The molecule has 0 aliphatic carbocycles. The Balaban J connectivity index is 2.70. The number of aryl methyl sites for hydroxylation is 1. The van der Waals surface area contributed by atoms with Gasteiger partial charge in [-0.3, -0.25) is 0 Å². The Kier molecular flexibility index (Phi) is 8.60. The number of allylic oxidation sites excluding steroid dienone is 8. The Morgan fingerprint density at radius 1 is 1.14 bits per heavy atom. The molecule has 0 atom stereocenters. The molecule has 0 heterocycles. The third kappa shape index (κ3) is 7.19. The molecule has 1 heteroatoms. The minimum Gasteiger partial charge on any atom is -0.0991 e. The Hall–Kier alpha value is -1.48. The zero-order chi connectivity index (χ0) is 15.5. The number of hydrogen-bond acceptors (Lipinski definition) is 0. The molecule has 0 bridgehead atoms. The molecule has 0 saturated heterocycles. The van der Waals surface area contributed by atoms with Crippen LogP contribution in [0.2, 0.25) is 0 Å². The molecule has 0 radical (unpaired) electrons. The molecule has 0 nitrogen and oxygen atoms in total. The van der Waals surface area contributed by atoms with Crippen molar-refractivity contribution in [3.8, 4) is 0 Å². The summed E-state index contributed by atoms with van der Waals surface area (Å²) in [6.45, 7) is 10.1. The van der Waals surface area contributed by atoms with Crippen molar-refractivity contribution in [2.45, 2.75) is 20.8 Å². The van der Waals surface area contributed by atoms with E-state index < -0.39 is 0 Å². The van der Waals surface area contributed by atoms with Crippen LogP contribution >= 0.6 is 20.7 Å². The molecule has 0 aromatic heterocycles. The molecular weight excluding hydrogens is 367 g/mol. The van der Waals surface area contributed by atoms with Crippen LogP contribution in [-0.2, 0) is 0 Å². The predicted molar refractivity (Wildman–Crippen MR) is 107 cm³/mol. The summed E-state index contributed by atoms with van der Waals surface area (Å²) < 4.78 is 3.69. The van der Waals surface area contributed by atoms with E-state index in [1.54, 1.807) is 0 Å². The quantitative estimate of drug-likeness (QED) is 0.391. The van der Waals surface area contributed by atoms with E-state index in [0.717, 1.165) is 0 Å². The zero-order valence-electron chi connectivity index (χ0n) is 13.0. The Labute approximate surface area is 139 Å². The van der Waals surface area contributed by atoms with E-state index in [0.29, 0.717) is 0 Å². The van der Waals surface area contributed by atoms with Gasteiger partial charge >= 0.3 is 0 Å².